The van der Waals surface area contributed by atoms with Gasteiger partial charge in [0, 0.05) is 0 Å². The van der Waals surface area contributed by atoms with Crippen molar-refractivity contribution in [3.8, 4) is 0 Å². The summed E-state index contributed by atoms with van der Waals surface area (Å²) in [5.41, 5.74) is 4.44. The lowest BCUT2D eigenvalue weighted by molar-refractivity contribution is 0.376. The van der Waals surface area contributed by atoms with Crippen molar-refractivity contribution in [1.29, 1.82) is 0 Å². The zero-order valence-electron chi connectivity index (χ0n) is 4.34. The molecule has 0 radical (unpaired) electrons. The molecule has 56 valence electrons. The molecule has 0 rings (SSSR count). The third-order valence-electron chi connectivity index (χ3n) is 0.387. The molecule has 0 fully saturated rings. The maximum Gasteiger partial charge on any atom is 0.336 e. The summed E-state index contributed by atoms with van der Waals surface area (Å²) < 4.78 is 20.0. The van der Waals surface area contributed by atoms with E-state index in [1.165, 1.54) is 0 Å². The Morgan fingerprint density at radius 2 is 1.56 bits per heavy atom. The van der Waals surface area contributed by atoms with Crippen LogP contribution in [0.4, 0.5) is 0 Å². The highest BCUT2D eigenvalue weighted by Crippen LogP contribution is 2.49. The first-order valence-corrected chi connectivity index (χ1v) is 5.57. The predicted molar refractivity (Wildman–Crippen MR) is 30.9 cm³/mol. The molecule has 0 aromatic heterocycles. The minimum absolute atomic E-state index is 1.15. The van der Waals surface area contributed by atoms with Crippen molar-refractivity contribution in [1.82, 2.24) is 0 Å². The third kappa shape index (κ3) is 8.30. The molecule has 9 heavy (non-hydrogen) atoms. The van der Waals surface area contributed by atoms with Crippen molar-refractivity contribution in [3.63, 3.8) is 0 Å². The zero-order valence-corrected chi connectivity index (χ0v) is 6.13. The summed E-state index contributed by atoms with van der Waals surface area (Å²) in [4.78, 5) is 24.3. The highest BCUT2D eigenvalue weighted by Gasteiger charge is 2.25. The maximum atomic E-state index is 10.1. The van der Waals surface area contributed by atoms with Crippen LogP contribution in [-0.2, 0) is 9.13 Å². The first-order valence-electron chi connectivity index (χ1n) is 1.86. The molecule has 0 heterocycles. The van der Waals surface area contributed by atoms with Crippen LogP contribution in [0.3, 0.4) is 0 Å². The predicted octanol–water partition coefficient (Wildman–Crippen LogP) is -0.734. The Morgan fingerprint density at radius 3 is 1.56 bits per heavy atom. The minimum atomic E-state index is -4.43. The molecule has 1 unspecified atom stereocenters. The van der Waals surface area contributed by atoms with Crippen LogP contribution in [-0.4, -0.2) is 20.6 Å². The fourth-order valence-electron chi connectivity index (χ4n) is 0.264. The molecule has 5 N–H and O–H groups in total. The average Bonchev–Trinajstić information content (AvgIpc) is 1.14. The Balaban J connectivity index is 4.07. The van der Waals surface area contributed by atoms with E-state index in [2.05, 4.69) is 5.50 Å². The van der Waals surface area contributed by atoms with Crippen molar-refractivity contribution in [2.45, 2.75) is 0 Å². The van der Waals surface area contributed by atoms with E-state index < -0.39 is 21.0 Å². The summed E-state index contributed by atoms with van der Waals surface area (Å²) in [7, 11) is -8.48. The molecule has 0 aliphatic rings. The molecule has 0 spiro atoms. The number of hydrogen-bond acceptors (Lipinski definition) is 2. The van der Waals surface area contributed by atoms with E-state index in [9.17, 15) is 9.13 Å². The van der Waals surface area contributed by atoms with Gasteiger partial charge >= 0.3 is 7.60 Å². The molecule has 0 aliphatic carbocycles. The lowest BCUT2D eigenvalue weighted by Gasteiger charge is -2.04. The van der Waals surface area contributed by atoms with Gasteiger partial charge in [0.05, 0.1) is 0 Å². The van der Waals surface area contributed by atoms with Crippen molar-refractivity contribution in [2.24, 2.45) is 5.50 Å². The van der Waals surface area contributed by atoms with Gasteiger partial charge in [0.2, 0.25) is 0 Å². The molecule has 0 bridgehead atoms. The molecule has 0 amide bonds. The van der Waals surface area contributed by atoms with Gasteiger partial charge in [0.1, 0.15) is 5.90 Å². The summed E-state index contributed by atoms with van der Waals surface area (Å²) in [6.45, 7) is 0. The normalized spacial score (nSPS) is 19.1. The third-order valence-corrected chi connectivity index (χ3v) is 3.48. The van der Waals surface area contributed by atoms with E-state index >= 15 is 0 Å². The van der Waals surface area contributed by atoms with Gasteiger partial charge in [-0.1, -0.05) is 0 Å². The van der Waals surface area contributed by atoms with Gasteiger partial charge in [0.25, 0.3) is 7.52 Å². The second-order valence-electron chi connectivity index (χ2n) is 1.56. The van der Waals surface area contributed by atoms with E-state index in [0.29, 0.717) is 0 Å². The molecule has 0 saturated carbocycles. The summed E-state index contributed by atoms with van der Waals surface area (Å²) in [6.07, 6.45) is 0. The van der Waals surface area contributed by atoms with Gasteiger partial charge in [-0.05, 0) is 0 Å². The second-order valence-corrected chi connectivity index (χ2v) is 5.53. The first kappa shape index (κ1) is 9.30. The Kier molecular flexibility index (Phi) is 2.58. The standard InChI is InChI=1S/CH7NO5P2/c2-8(3,4)1-9(5,6)7/h1H2,(H3,2,3,4)(H2,5,6,7). The highest BCUT2D eigenvalue weighted by atomic mass is 31.2. The van der Waals surface area contributed by atoms with E-state index in [1.54, 1.807) is 0 Å². The Morgan fingerprint density at radius 1 is 1.22 bits per heavy atom. The molecule has 0 aromatic rings. The van der Waals surface area contributed by atoms with Gasteiger partial charge < -0.3 is 14.7 Å². The summed E-state index contributed by atoms with van der Waals surface area (Å²) in [5, 5.41) is 0. The molecular formula is CH7NO5P2. The Labute approximate surface area is 51.4 Å². The summed E-state index contributed by atoms with van der Waals surface area (Å²) in [6, 6.07) is 0. The van der Waals surface area contributed by atoms with Crippen LogP contribution in [0.25, 0.3) is 0 Å². The topological polar surface area (TPSA) is 121 Å². The minimum Gasteiger partial charge on any atom is -0.333 e. The van der Waals surface area contributed by atoms with Crippen LogP contribution in [0, 0.1) is 0 Å². The van der Waals surface area contributed by atoms with Crippen molar-refractivity contribution in [3.05, 3.63) is 0 Å². The van der Waals surface area contributed by atoms with Crippen LogP contribution in [0.5, 0.6) is 0 Å². The lowest BCUT2D eigenvalue weighted by Crippen LogP contribution is -1.98. The Hall–Kier alpha value is 0.300. The largest absolute Gasteiger partial charge is 0.336 e. The summed E-state index contributed by atoms with van der Waals surface area (Å²) >= 11 is 0. The zero-order chi connectivity index (χ0) is 7.71. The lowest BCUT2D eigenvalue weighted by atomic mass is 11.9. The Bertz CT molecular complexity index is 155. The highest BCUT2D eigenvalue weighted by molar-refractivity contribution is 7.71. The SMILES string of the molecule is NP(=O)(O)CP(=O)(O)O. The number of rotatable bonds is 2. The number of hydrogen-bond donors (Lipinski definition) is 4. The fourth-order valence-corrected chi connectivity index (χ4v) is 2.38. The number of nitrogens with two attached hydrogens (primary N) is 1. The molecule has 0 saturated heterocycles. The average molecular weight is 175 g/mol. The van der Waals surface area contributed by atoms with Gasteiger partial charge in [-0.15, -0.1) is 0 Å². The monoisotopic (exact) mass is 175 g/mol. The molecule has 8 heteroatoms. The molecule has 0 aromatic carbocycles. The first-order chi connectivity index (χ1) is 3.71. The van der Waals surface area contributed by atoms with Crippen LogP contribution >= 0.6 is 15.1 Å². The van der Waals surface area contributed by atoms with E-state index in [4.69, 9.17) is 14.7 Å². The van der Waals surface area contributed by atoms with Gasteiger partial charge in [-0.25, -0.2) is 0 Å². The molecule has 0 aliphatic heterocycles. The maximum absolute atomic E-state index is 10.1. The fraction of sp³-hybridized carbons (Fsp3) is 1.00. The van der Waals surface area contributed by atoms with Crippen LogP contribution in [0.15, 0.2) is 0 Å². The van der Waals surface area contributed by atoms with Gasteiger partial charge in [-0.3, -0.25) is 14.6 Å². The molecule has 6 nitrogen and oxygen atoms in total. The van der Waals surface area contributed by atoms with Gasteiger partial charge in [0.15, 0.2) is 0 Å². The summed E-state index contributed by atoms with van der Waals surface area (Å²) in [5.74, 6) is -1.15. The van der Waals surface area contributed by atoms with E-state index in [1.807, 2.05) is 0 Å². The van der Waals surface area contributed by atoms with Crippen LogP contribution < -0.4 is 5.50 Å². The molecule has 1 atom stereocenters. The second kappa shape index (κ2) is 2.50. The van der Waals surface area contributed by atoms with Crippen molar-refractivity contribution >= 4 is 15.1 Å². The van der Waals surface area contributed by atoms with Crippen LogP contribution in [0.1, 0.15) is 0 Å². The van der Waals surface area contributed by atoms with Crippen LogP contribution in [0.2, 0.25) is 0 Å². The smallest absolute Gasteiger partial charge is 0.333 e. The quantitative estimate of drug-likeness (QED) is 0.410. The molecular weight excluding hydrogens is 168 g/mol. The van der Waals surface area contributed by atoms with E-state index in [0.717, 1.165) is 0 Å². The van der Waals surface area contributed by atoms with E-state index in [-0.39, 0.29) is 0 Å². The van der Waals surface area contributed by atoms with Gasteiger partial charge in [-0.2, -0.15) is 0 Å². The van der Waals surface area contributed by atoms with Crippen molar-refractivity contribution in [2.75, 3.05) is 5.90 Å². The van der Waals surface area contributed by atoms with Crippen molar-refractivity contribution < 1.29 is 23.8 Å².